The number of nitrogens with one attached hydrogen (secondary N) is 2. The van der Waals surface area contributed by atoms with Gasteiger partial charge in [0.2, 0.25) is 5.91 Å². The lowest BCUT2D eigenvalue weighted by Gasteiger charge is -2.24. The number of rotatable bonds is 12. The third-order valence-corrected chi connectivity index (χ3v) is 7.12. The zero-order valence-electron chi connectivity index (χ0n) is 22.1. The maximum atomic E-state index is 13.1. The van der Waals surface area contributed by atoms with Crippen molar-refractivity contribution in [1.82, 2.24) is 20.4 Å². The molecule has 202 valence electrons. The number of carbonyl (C=O) groups excluding carboxylic acids is 2. The van der Waals surface area contributed by atoms with Crippen molar-refractivity contribution in [2.45, 2.75) is 45.3 Å². The summed E-state index contributed by atoms with van der Waals surface area (Å²) in [6, 6.07) is 12.3. The Balaban J connectivity index is 1.47. The summed E-state index contributed by atoms with van der Waals surface area (Å²) in [5, 5.41) is 6.66. The average molecular weight is 550 g/mol. The molecule has 1 aliphatic rings. The monoisotopic (exact) mass is 548 g/mol. The van der Waals surface area contributed by atoms with Crippen LogP contribution in [0.5, 0.6) is 5.75 Å². The Labute approximate surface area is 230 Å². The lowest BCUT2D eigenvalue weighted by Crippen LogP contribution is -2.52. The molecule has 2 amide bonds. The second-order valence-electron chi connectivity index (χ2n) is 10.2. The Kier molecular flexibility index (Phi) is 11.1. The molecular formula is C28H38Cl2N4O3. The summed E-state index contributed by atoms with van der Waals surface area (Å²) in [6.07, 6.45) is 1.86. The molecule has 0 aliphatic carbocycles. The number of ether oxygens (including phenoxy) is 1. The molecule has 2 aromatic carbocycles. The molecule has 9 heteroatoms. The quantitative estimate of drug-likeness (QED) is 0.383. The van der Waals surface area contributed by atoms with Crippen molar-refractivity contribution in [2.24, 2.45) is 5.92 Å². The Morgan fingerprint density at radius 2 is 1.84 bits per heavy atom. The summed E-state index contributed by atoms with van der Waals surface area (Å²) >= 11 is 12.0. The van der Waals surface area contributed by atoms with Crippen LogP contribution >= 0.6 is 23.2 Å². The van der Waals surface area contributed by atoms with Gasteiger partial charge in [0.25, 0.3) is 5.91 Å². The number of benzene rings is 2. The van der Waals surface area contributed by atoms with E-state index >= 15 is 0 Å². The second kappa shape index (κ2) is 14.0. The van der Waals surface area contributed by atoms with Crippen molar-refractivity contribution < 1.29 is 14.3 Å². The summed E-state index contributed by atoms with van der Waals surface area (Å²) < 4.78 is 5.82. The number of halogens is 2. The topological polar surface area (TPSA) is 73.9 Å². The lowest BCUT2D eigenvalue weighted by molar-refractivity contribution is -0.124. The smallest absolute Gasteiger partial charge is 0.251 e. The van der Waals surface area contributed by atoms with E-state index < -0.39 is 6.04 Å². The predicted octanol–water partition coefficient (Wildman–Crippen LogP) is 4.47. The Morgan fingerprint density at radius 1 is 1.11 bits per heavy atom. The van der Waals surface area contributed by atoms with E-state index in [1.807, 2.05) is 26.0 Å². The number of hydrogen-bond acceptors (Lipinski definition) is 5. The highest BCUT2D eigenvalue weighted by molar-refractivity contribution is 6.42. The second-order valence-corrected chi connectivity index (χ2v) is 11.0. The van der Waals surface area contributed by atoms with Crippen LogP contribution in [0.25, 0.3) is 0 Å². The fraction of sp³-hybridized carbons (Fsp3) is 0.500. The van der Waals surface area contributed by atoms with E-state index in [1.54, 1.807) is 12.1 Å². The van der Waals surface area contributed by atoms with Gasteiger partial charge >= 0.3 is 0 Å². The summed E-state index contributed by atoms with van der Waals surface area (Å²) in [7, 11) is 4.12. The first-order valence-electron chi connectivity index (χ1n) is 12.8. The largest absolute Gasteiger partial charge is 0.494 e. The molecule has 0 saturated carbocycles. The summed E-state index contributed by atoms with van der Waals surface area (Å²) in [5.41, 5.74) is 1.58. The first kappa shape index (κ1) is 29.2. The van der Waals surface area contributed by atoms with Crippen LogP contribution < -0.4 is 15.4 Å². The van der Waals surface area contributed by atoms with Gasteiger partial charge in [0.05, 0.1) is 16.7 Å². The Hall–Kier alpha value is -2.32. The zero-order chi connectivity index (χ0) is 26.9. The van der Waals surface area contributed by atoms with Gasteiger partial charge in [-0.25, -0.2) is 0 Å². The highest BCUT2D eigenvalue weighted by atomic mass is 35.5. The van der Waals surface area contributed by atoms with Crippen LogP contribution in [0.2, 0.25) is 10.0 Å². The maximum absolute atomic E-state index is 13.1. The number of nitrogens with zero attached hydrogens (tertiary/aromatic N) is 2. The van der Waals surface area contributed by atoms with Crippen molar-refractivity contribution >= 4 is 35.0 Å². The fourth-order valence-corrected chi connectivity index (χ4v) is 4.60. The van der Waals surface area contributed by atoms with Crippen molar-refractivity contribution in [2.75, 3.05) is 40.3 Å². The van der Waals surface area contributed by atoms with Crippen molar-refractivity contribution in [3.05, 3.63) is 63.6 Å². The van der Waals surface area contributed by atoms with Gasteiger partial charge in [-0.05, 0) is 68.8 Å². The third-order valence-electron chi connectivity index (χ3n) is 6.38. The fourth-order valence-electron chi connectivity index (χ4n) is 4.30. The molecule has 0 unspecified atom stereocenters. The van der Waals surface area contributed by atoms with E-state index in [0.717, 1.165) is 44.8 Å². The standard InChI is InChI=1S/C28H38Cl2N4O3/c1-19(2)26(32-27(35)21-8-11-24(29)25(30)16-21)28(36)31-22-12-14-34(18-22)17-20-6-9-23(10-7-20)37-15-5-13-33(3)4/h6-11,16,19,22,26H,5,12-15,17-18H2,1-4H3,(H,31,36)(H,32,35)/t22-,26-/m0/s1. The van der Waals surface area contributed by atoms with Crippen LogP contribution in [0, 0.1) is 5.92 Å². The lowest BCUT2D eigenvalue weighted by atomic mass is 10.0. The minimum absolute atomic E-state index is 0.0370. The molecule has 37 heavy (non-hydrogen) atoms. The molecule has 1 fully saturated rings. The summed E-state index contributed by atoms with van der Waals surface area (Å²) in [4.78, 5) is 30.3. The van der Waals surface area contributed by atoms with Gasteiger partial charge in [0, 0.05) is 37.8 Å². The van der Waals surface area contributed by atoms with Gasteiger partial charge < -0.3 is 20.3 Å². The molecule has 7 nitrogen and oxygen atoms in total. The van der Waals surface area contributed by atoms with Gasteiger partial charge in [-0.3, -0.25) is 14.5 Å². The van der Waals surface area contributed by atoms with E-state index in [9.17, 15) is 9.59 Å². The van der Waals surface area contributed by atoms with Gasteiger partial charge in [-0.2, -0.15) is 0 Å². The van der Waals surface area contributed by atoms with Crippen LogP contribution in [-0.4, -0.2) is 74.0 Å². The first-order valence-corrected chi connectivity index (χ1v) is 13.5. The summed E-state index contributed by atoms with van der Waals surface area (Å²) in [6.45, 7) is 8.01. The van der Waals surface area contributed by atoms with Crippen LogP contribution in [0.1, 0.15) is 42.6 Å². The van der Waals surface area contributed by atoms with Crippen LogP contribution in [0.4, 0.5) is 0 Å². The predicted molar refractivity (Wildman–Crippen MR) is 149 cm³/mol. The van der Waals surface area contributed by atoms with Crippen molar-refractivity contribution in [3.63, 3.8) is 0 Å². The average Bonchev–Trinajstić information content (AvgIpc) is 3.28. The Bertz CT molecular complexity index is 1050. The van der Waals surface area contributed by atoms with E-state index in [-0.39, 0.29) is 23.8 Å². The first-order chi connectivity index (χ1) is 17.6. The molecule has 0 spiro atoms. The molecule has 1 saturated heterocycles. The molecule has 1 aliphatic heterocycles. The summed E-state index contributed by atoms with van der Waals surface area (Å²) in [5.74, 6) is 0.279. The Morgan fingerprint density at radius 3 is 2.49 bits per heavy atom. The molecule has 0 radical (unpaired) electrons. The highest BCUT2D eigenvalue weighted by Crippen LogP contribution is 2.23. The number of carbonyl (C=O) groups is 2. The molecule has 0 bridgehead atoms. The van der Waals surface area contributed by atoms with Crippen LogP contribution in [-0.2, 0) is 11.3 Å². The molecule has 0 aromatic heterocycles. The number of likely N-dealkylation sites (tertiary alicyclic amines) is 1. The molecule has 2 atom stereocenters. The molecule has 3 rings (SSSR count). The number of hydrogen-bond donors (Lipinski definition) is 2. The minimum Gasteiger partial charge on any atom is -0.494 e. The zero-order valence-corrected chi connectivity index (χ0v) is 23.6. The van der Waals surface area contributed by atoms with Crippen LogP contribution in [0.15, 0.2) is 42.5 Å². The minimum atomic E-state index is -0.652. The van der Waals surface area contributed by atoms with Crippen molar-refractivity contribution in [1.29, 1.82) is 0 Å². The van der Waals surface area contributed by atoms with Gasteiger partial charge in [0.15, 0.2) is 0 Å². The molecule has 2 aromatic rings. The van der Waals surface area contributed by atoms with E-state index in [4.69, 9.17) is 27.9 Å². The maximum Gasteiger partial charge on any atom is 0.251 e. The third kappa shape index (κ3) is 9.18. The van der Waals surface area contributed by atoms with Crippen molar-refractivity contribution in [3.8, 4) is 5.75 Å². The molecule has 1 heterocycles. The van der Waals surface area contributed by atoms with E-state index in [2.05, 4.69) is 46.7 Å². The normalized spacial score (nSPS) is 16.7. The molecular weight excluding hydrogens is 511 g/mol. The highest BCUT2D eigenvalue weighted by Gasteiger charge is 2.29. The molecule has 2 N–H and O–H groups in total. The van der Waals surface area contributed by atoms with Crippen LogP contribution in [0.3, 0.4) is 0 Å². The van der Waals surface area contributed by atoms with Gasteiger partial charge in [-0.1, -0.05) is 49.2 Å². The van der Waals surface area contributed by atoms with Gasteiger partial charge in [0.1, 0.15) is 11.8 Å². The SMILES string of the molecule is CC(C)[C@H](NC(=O)c1ccc(Cl)c(Cl)c1)C(=O)N[C@H]1CCN(Cc2ccc(OCCCN(C)C)cc2)C1. The van der Waals surface area contributed by atoms with E-state index in [0.29, 0.717) is 22.2 Å². The van der Waals surface area contributed by atoms with E-state index in [1.165, 1.54) is 11.6 Å². The number of amides is 2. The van der Waals surface area contributed by atoms with Gasteiger partial charge in [-0.15, -0.1) is 0 Å².